The Morgan fingerprint density at radius 2 is 1.29 bits per heavy atom. The second-order valence-electron chi connectivity index (χ2n) is 4.97. The average Bonchev–Trinajstić information content (AvgIpc) is 1.98. The van der Waals surface area contributed by atoms with E-state index < -0.39 is 6.00 Å². The number of rotatable bonds is 4. The predicted octanol–water partition coefficient (Wildman–Crippen LogP) is 5.35. The third-order valence-corrected chi connectivity index (χ3v) is 9.68. The number of hydrogen-bond donors (Lipinski definition) is 0. The van der Waals surface area contributed by atoms with Gasteiger partial charge in [-0.15, -0.1) is 33.2 Å². The molecular formula is C10H21Cl3Si. The molecule has 0 N–H and O–H groups in total. The van der Waals surface area contributed by atoms with Crippen LogP contribution in [0.2, 0.25) is 5.04 Å². The maximum absolute atomic E-state index is 6.24. The Balaban J connectivity index is 5.11. The van der Waals surface area contributed by atoms with Gasteiger partial charge < -0.3 is 0 Å². The number of halogens is 3. The highest BCUT2D eigenvalue weighted by atomic mass is 35.8. The van der Waals surface area contributed by atoms with Crippen LogP contribution in [0, 0.1) is 17.8 Å². The lowest BCUT2D eigenvalue weighted by Crippen LogP contribution is -2.42. The van der Waals surface area contributed by atoms with Crippen LogP contribution in [0.4, 0.5) is 0 Å². The van der Waals surface area contributed by atoms with Gasteiger partial charge in [0.2, 0.25) is 0 Å². The molecule has 0 spiro atoms. The Morgan fingerprint density at radius 3 is 1.36 bits per heavy atom. The van der Waals surface area contributed by atoms with Crippen LogP contribution in [0.15, 0.2) is 0 Å². The molecule has 0 aromatic heterocycles. The van der Waals surface area contributed by atoms with Gasteiger partial charge in [0.05, 0.1) is 0 Å². The average molecular weight is 276 g/mol. The van der Waals surface area contributed by atoms with Gasteiger partial charge in [0.25, 0.3) is 0 Å². The van der Waals surface area contributed by atoms with Crippen LogP contribution >= 0.6 is 33.2 Å². The van der Waals surface area contributed by atoms with Crippen molar-refractivity contribution in [1.82, 2.24) is 0 Å². The van der Waals surface area contributed by atoms with Crippen molar-refractivity contribution in [2.75, 3.05) is 0 Å². The monoisotopic (exact) mass is 274 g/mol. The van der Waals surface area contributed by atoms with Gasteiger partial charge in [-0.3, -0.25) is 0 Å². The second kappa shape index (κ2) is 4.95. The van der Waals surface area contributed by atoms with E-state index in [-0.39, 0.29) is 5.04 Å². The Morgan fingerprint density at radius 1 is 0.929 bits per heavy atom. The summed E-state index contributed by atoms with van der Waals surface area (Å²) < 4.78 is 0. The zero-order valence-electron chi connectivity index (χ0n) is 9.87. The normalized spacial score (nSPS) is 19.9. The molecule has 0 radical (unpaired) electrons. The molecular weight excluding hydrogens is 255 g/mol. The minimum atomic E-state index is -2.68. The van der Waals surface area contributed by atoms with Crippen LogP contribution < -0.4 is 0 Å². The summed E-state index contributed by atoms with van der Waals surface area (Å²) in [5.41, 5.74) is 0. The summed E-state index contributed by atoms with van der Waals surface area (Å²) in [7, 11) is 0. The minimum absolute atomic E-state index is 0.147. The van der Waals surface area contributed by atoms with Crippen LogP contribution in [-0.4, -0.2) is 6.00 Å². The lowest BCUT2D eigenvalue weighted by Gasteiger charge is -2.45. The molecule has 0 rings (SSSR count). The zero-order chi connectivity index (χ0) is 11.7. The molecule has 0 heterocycles. The van der Waals surface area contributed by atoms with E-state index in [1.165, 1.54) is 0 Å². The molecule has 4 heteroatoms. The van der Waals surface area contributed by atoms with Gasteiger partial charge in [-0.2, -0.15) is 0 Å². The maximum atomic E-state index is 6.24. The SMILES string of the molecule is CC(C)C(C)C(C)(C(C)C)[Si](Cl)(Cl)Cl. The molecule has 0 aliphatic rings. The van der Waals surface area contributed by atoms with Crippen LogP contribution in [0.1, 0.15) is 41.5 Å². The smallest absolute Gasteiger partial charge is 0.125 e. The molecule has 0 aromatic carbocycles. The highest BCUT2D eigenvalue weighted by Gasteiger charge is 2.53. The lowest BCUT2D eigenvalue weighted by molar-refractivity contribution is 0.249. The largest absolute Gasteiger partial charge is 0.347 e. The quantitative estimate of drug-likeness (QED) is 0.479. The van der Waals surface area contributed by atoms with E-state index in [1.54, 1.807) is 0 Å². The summed E-state index contributed by atoms with van der Waals surface area (Å²) in [6.07, 6.45) is 0. The highest BCUT2D eigenvalue weighted by Crippen LogP contribution is 2.58. The third-order valence-electron chi connectivity index (χ3n) is 3.76. The van der Waals surface area contributed by atoms with E-state index in [4.69, 9.17) is 33.2 Å². The first-order valence-corrected chi connectivity index (χ1v) is 10.1. The summed E-state index contributed by atoms with van der Waals surface area (Å²) >= 11 is 18.7. The first kappa shape index (κ1) is 15.1. The topological polar surface area (TPSA) is 0 Å². The standard InChI is InChI=1S/C10H21Cl3Si/c1-7(2)9(5)10(6,8(3)4)14(11,12)13/h7-9H,1-6H3. The molecule has 0 aliphatic heterocycles. The van der Waals surface area contributed by atoms with Gasteiger partial charge in [-0.05, 0) is 17.8 Å². The minimum Gasteiger partial charge on any atom is -0.125 e. The van der Waals surface area contributed by atoms with Gasteiger partial charge in [-0.25, -0.2) is 0 Å². The summed E-state index contributed by atoms with van der Waals surface area (Å²) in [6, 6.07) is -2.68. The fourth-order valence-corrected chi connectivity index (χ4v) is 6.82. The van der Waals surface area contributed by atoms with E-state index in [0.29, 0.717) is 17.8 Å². The van der Waals surface area contributed by atoms with Gasteiger partial charge in [-0.1, -0.05) is 41.5 Å². The molecule has 0 saturated heterocycles. The Labute approximate surface area is 103 Å². The van der Waals surface area contributed by atoms with E-state index in [9.17, 15) is 0 Å². The molecule has 2 unspecified atom stereocenters. The molecule has 0 nitrogen and oxygen atoms in total. The molecule has 0 saturated carbocycles. The first-order chi connectivity index (χ1) is 6.05. The van der Waals surface area contributed by atoms with Crippen molar-refractivity contribution in [2.24, 2.45) is 17.8 Å². The van der Waals surface area contributed by atoms with Crippen LogP contribution in [0.25, 0.3) is 0 Å². The van der Waals surface area contributed by atoms with Crippen LogP contribution in [0.5, 0.6) is 0 Å². The highest BCUT2D eigenvalue weighted by molar-refractivity contribution is 7.65. The van der Waals surface area contributed by atoms with Gasteiger partial charge >= 0.3 is 6.00 Å². The summed E-state index contributed by atoms with van der Waals surface area (Å²) in [5, 5.41) is -0.147. The maximum Gasteiger partial charge on any atom is 0.347 e. The molecule has 2 atom stereocenters. The van der Waals surface area contributed by atoms with Gasteiger partial charge in [0.15, 0.2) is 0 Å². The van der Waals surface area contributed by atoms with Crippen molar-refractivity contribution in [3.63, 3.8) is 0 Å². The summed E-state index contributed by atoms with van der Waals surface area (Å²) in [4.78, 5) is 0. The van der Waals surface area contributed by atoms with Crippen molar-refractivity contribution in [1.29, 1.82) is 0 Å². The summed E-state index contributed by atoms with van der Waals surface area (Å²) in [6.45, 7) is 13.0. The van der Waals surface area contributed by atoms with Crippen molar-refractivity contribution in [3.05, 3.63) is 0 Å². The number of hydrogen-bond acceptors (Lipinski definition) is 0. The van der Waals surface area contributed by atoms with Gasteiger partial charge in [0.1, 0.15) is 0 Å². The van der Waals surface area contributed by atoms with Crippen LogP contribution in [-0.2, 0) is 0 Å². The third kappa shape index (κ3) is 2.81. The molecule has 0 bridgehead atoms. The van der Waals surface area contributed by atoms with Crippen LogP contribution in [0.3, 0.4) is 0 Å². The molecule has 86 valence electrons. The Kier molecular flexibility index (Phi) is 5.33. The Bertz CT molecular complexity index is 186. The second-order valence-corrected chi connectivity index (χ2v) is 13.9. The fraction of sp³-hybridized carbons (Fsp3) is 1.00. The summed E-state index contributed by atoms with van der Waals surface area (Å²) in [5.74, 6) is 1.38. The van der Waals surface area contributed by atoms with Crippen molar-refractivity contribution in [3.8, 4) is 0 Å². The van der Waals surface area contributed by atoms with E-state index in [2.05, 4.69) is 41.5 Å². The molecule has 0 fully saturated rings. The van der Waals surface area contributed by atoms with E-state index in [1.807, 2.05) is 0 Å². The predicted molar refractivity (Wildman–Crippen MR) is 70.5 cm³/mol. The molecule has 0 aliphatic carbocycles. The lowest BCUT2D eigenvalue weighted by atomic mass is 9.78. The fourth-order valence-electron chi connectivity index (χ4n) is 1.80. The Hall–Kier alpha value is 1.09. The van der Waals surface area contributed by atoms with Crippen molar-refractivity contribution >= 4 is 39.2 Å². The zero-order valence-corrected chi connectivity index (χ0v) is 13.1. The molecule has 0 aromatic rings. The van der Waals surface area contributed by atoms with E-state index >= 15 is 0 Å². The van der Waals surface area contributed by atoms with Crippen molar-refractivity contribution in [2.45, 2.75) is 46.6 Å². The van der Waals surface area contributed by atoms with Crippen molar-refractivity contribution < 1.29 is 0 Å². The van der Waals surface area contributed by atoms with E-state index in [0.717, 1.165) is 0 Å². The molecule has 0 amide bonds. The first-order valence-electron chi connectivity index (χ1n) is 5.11. The van der Waals surface area contributed by atoms with Gasteiger partial charge in [0, 0.05) is 5.04 Å². The molecule has 14 heavy (non-hydrogen) atoms.